The van der Waals surface area contributed by atoms with E-state index in [0.29, 0.717) is 0 Å². The van der Waals surface area contributed by atoms with E-state index in [1.165, 1.54) is 57.8 Å². The Morgan fingerprint density at radius 3 is 1.47 bits per heavy atom. The summed E-state index contributed by atoms with van der Waals surface area (Å²) in [5.41, 5.74) is 0. The molecule has 0 heterocycles. The first-order valence-electron chi connectivity index (χ1n) is 7.29. The predicted octanol–water partition coefficient (Wildman–Crippen LogP) is 3.11. The molecule has 0 bridgehead atoms. The summed E-state index contributed by atoms with van der Waals surface area (Å²) in [6.07, 6.45) is 13.2. The maximum Gasteiger partial charge on any atom is 0.0974 e. The molecule has 0 fully saturated rings. The summed E-state index contributed by atoms with van der Waals surface area (Å²) in [7, 11) is 0. The molecule has 0 aliphatic carbocycles. The maximum atomic E-state index is 8.84. The van der Waals surface area contributed by atoms with Crippen LogP contribution in [0.5, 0.6) is 0 Å². The number of rotatable bonds is 13. The Labute approximate surface area is 107 Å². The number of unbranched alkanes of at least 4 members (excludes halogenated alkanes) is 9. The van der Waals surface area contributed by atoms with Crippen LogP contribution in [0.4, 0.5) is 0 Å². The Kier molecular flexibility index (Phi) is 13.8. The first kappa shape index (κ1) is 16.9. The molecule has 0 unspecified atom stereocenters. The van der Waals surface area contributed by atoms with Crippen molar-refractivity contribution in [2.45, 2.75) is 71.1 Å². The molecule has 0 aliphatic heterocycles. The van der Waals surface area contributed by atoms with Crippen molar-refractivity contribution < 1.29 is 10.2 Å². The van der Waals surface area contributed by atoms with E-state index >= 15 is 0 Å². The molecule has 3 nitrogen and oxygen atoms in total. The number of aliphatic hydroxyl groups is 2. The molecular formula is C14H31NO2. The first-order chi connectivity index (χ1) is 8.35. The van der Waals surface area contributed by atoms with E-state index in [-0.39, 0.29) is 13.5 Å². The SMILES string of the molecule is CCCCCCCCCCCCN(CO)CO. The van der Waals surface area contributed by atoms with Crippen LogP contribution in [0.15, 0.2) is 0 Å². The second-order valence-electron chi connectivity index (χ2n) is 4.86. The van der Waals surface area contributed by atoms with Crippen molar-refractivity contribution in [2.24, 2.45) is 0 Å². The average molecular weight is 245 g/mol. The largest absolute Gasteiger partial charge is 0.381 e. The van der Waals surface area contributed by atoms with Gasteiger partial charge in [0.1, 0.15) is 0 Å². The molecule has 0 rings (SSSR count). The van der Waals surface area contributed by atoms with E-state index in [0.717, 1.165) is 13.0 Å². The van der Waals surface area contributed by atoms with Gasteiger partial charge >= 0.3 is 0 Å². The fourth-order valence-electron chi connectivity index (χ4n) is 2.01. The van der Waals surface area contributed by atoms with Crippen LogP contribution in [0, 0.1) is 0 Å². The Morgan fingerprint density at radius 2 is 1.06 bits per heavy atom. The van der Waals surface area contributed by atoms with Crippen LogP contribution in [-0.4, -0.2) is 35.1 Å². The molecule has 0 aromatic rings. The van der Waals surface area contributed by atoms with Crippen LogP contribution in [0.1, 0.15) is 71.1 Å². The lowest BCUT2D eigenvalue weighted by Gasteiger charge is -2.15. The lowest BCUT2D eigenvalue weighted by molar-refractivity contribution is 0.0284. The van der Waals surface area contributed by atoms with Gasteiger partial charge in [-0.15, -0.1) is 0 Å². The standard InChI is InChI=1S/C14H31NO2/c1-2-3-4-5-6-7-8-9-10-11-12-15(13-16)14-17/h16-17H,2-14H2,1H3. The molecular weight excluding hydrogens is 214 g/mol. The van der Waals surface area contributed by atoms with Crippen molar-refractivity contribution in [3.8, 4) is 0 Å². The minimum absolute atomic E-state index is 0.0338. The van der Waals surface area contributed by atoms with Crippen molar-refractivity contribution in [1.29, 1.82) is 0 Å². The maximum absolute atomic E-state index is 8.84. The van der Waals surface area contributed by atoms with E-state index in [1.54, 1.807) is 4.90 Å². The lowest BCUT2D eigenvalue weighted by Crippen LogP contribution is -2.26. The normalized spacial score (nSPS) is 11.3. The van der Waals surface area contributed by atoms with E-state index in [4.69, 9.17) is 10.2 Å². The van der Waals surface area contributed by atoms with Gasteiger partial charge in [-0.3, -0.25) is 4.90 Å². The van der Waals surface area contributed by atoms with Gasteiger partial charge in [-0.1, -0.05) is 64.7 Å². The quantitative estimate of drug-likeness (QED) is 0.387. The van der Waals surface area contributed by atoms with Crippen LogP contribution < -0.4 is 0 Å². The molecule has 0 aromatic carbocycles. The second-order valence-corrected chi connectivity index (χ2v) is 4.86. The zero-order valence-corrected chi connectivity index (χ0v) is 11.5. The number of hydrogen-bond acceptors (Lipinski definition) is 3. The summed E-state index contributed by atoms with van der Waals surface area (Å²) < 4.78 is 0. The minimum atomic E-state index is -0.0338. The molecule has 2 N–H and O–H groups in total. The van der Waals surface area contributed by atoms with Gasteiger partial charge in [-0.25, -0.2) is 0 Å². The Balaban J connectivity index is 3.03. The highest BCUT2D eigenvalue weighted by Crippen LogP contribution is 2.10. The summed E-state index contributed by atoms with van der Waals surface area (Å²) in [6, 6.07) is 0. The Morgan fingerprint density at radius 1 is 0.647 bits per heavy atom. The second kappa shape index (κ2) is 13.9. The smallest absolute Gasteiger partial charge is 0.0974 e. The molecule has 0 aromatic heterocycles. The van der Waals surface area contributed by atoms with Crippen molar-refractivity contribution >= 4 is 0 Å². The summed E-state index contributed by atoms with van der Waals surface area (Å²) in [5, 5.41) is 17.7. The van der Waals surface area contributed by atoms with Crippen molar-refractivity contribution in [2.75, 3.05) is 20.0 Å². The van der Waals surface area contributed by atoms with Gasteiger partial charge in [0.05, 0.1) is 13.5 Å². The molecule has 0 amide bonds. The molecule has 104 valence electrons. The summed E-state index contributed by atoms with van der Waals surface area (Å²) in [4.78, 5) is 1.64. The van der Waals surface area contributed by atoms with Gasteiger partial charge in [-0.2, -0.15) is 0 Å². The van der Waals surface area contributed by atoms with Gasteiger partial charge < -0.3 is 10.2 Å². The third-order valence-corrected chi connectivity index (χ3v) is 3.23. The van der Waals surface area contributed by atoms with E-state index in [9.17, 15) is 0 Å². The van der Waals surface area contributed by atoms with Gasteiger partial charge in [0.2, 0.25) is 0 Å². The Bertz CT molecular complexity index is 138. The van der Waals surface area contributed by atoms with Crippen LogP contribution in [0.2, 0.25) is 0 Å². The fraction of sp³-hybridized carbons (Fsp3) is 1.00. The highest BCUT2D eigenvalue weighted by molar-refractivity contribution is 4.50. The fourth-order valence-corrected chi connectivity index (χ4v) is 2.01. The highest BCUT2D eigenvalue weighted by atomic mass is 16.3. The molecule has 0 saturated carbocycles. The number of nitrogens with zero attached hydrogens (tertiary/aromatic N) is 1. The van der Waals surface area contributed by atoms with E-state index in [2.05, 4.69) is 6.92 Å². The van der Waals surface area contributed by atoms with Crippen molar-refractivity contribution in [1.82, 2.24) is 4.90 Å². The third kappa shape index (κ3) is 12.1. The van der Waals surface area contributed by atoms with Gasteiger partial charge in [0.15, 0.2) is 0 Å². The van der Waals surface area contributed by atoms with Crippen LogP contribution >= 0.6 is 0 Å². The molecule has 3 heteroatoms. The van der Waals surface area contributed by atoms with Crippen molar-refractivity contribution in [3.05, 3.63) is 0 Å². The molecule has 0 radical (unpaired) electrons. The summed E-state index contributed by atoms with van der Waals surface area (Å²) in [6.45, 7) is 2.99. The van der Waals surface area contributed by atoms with Crippen molar-refractivity contribution in [3.63, 3.8) is 0 Å². The number of hydrogen-bond donors (Lipinski definition) is 2. The van der Waals surface area contributed by atoms with Gasteiger partial charge in [0.25, 0.3) is 0 Å². The van der Waals surface area contributed by atoms with E-state index in [1.807, 2.05) is 0 Å². The number of aliphatic hydroxyl groups excluding tert-OH is 2. The first-order valence-corrected chi connectivity index (χ1v) is 7.29. The van der Waals surface area contributed by atoms with Crippen LogP contribution in [-0.2, 0) is 0 Å². The predicted molar refractivity (Wildman–Crippen MR) is 72.7 cm³/mol. The molecule has 0 saturated heterocycles. The van der Waals surface area contributed by atoms with Crippen LogP contribution in [0.3, 0.4) is 0 Å². The molecule has 17 heavy (non-hydrogen) atoms. The average Bonchev–Trinajstić information content (AvgIpc) is 2.36. The highest BCUT2D eigenvalue weighted by Gasteiger charge is 1.99. The summed E-state index contributed by atoms with van der Waals surface area (Å²) in [5.74, 6) is 0. The third-order valence-electron chi connectivity index (χ3n) is 3.23. The zero-order chi connectivity index (χ0) is 12.8. The topological polar surface area (TPSA) is 43.7 Å². The summed E-state index contributed by atoms with van der Waals surface area (Å²) >= 11 is 0. The van der Waals surface area contributed by atoms with Gasteiger partial charge in [-0.05, 0) is 6.42 Å². The lowest BCUT2D eigenvalue weighted by atomic mass is 10.1. The van der Waals surface area contributed by atoms with E-state index < -0.39 is 0 Å². The zero-order valence-electron chi connectivity index (χ0n) is 11.5. The monoisotopic (exact) mass is 245 g/mol. The van der Waals surface area contributed by atoms with Crippen LogP contribution in [0.25, 0.3) is 0 Å². The minimum Gasteiger partial charge on any atom is -0.381 e. The molecule has 0 spiro atoms. The Hall–Kier alpha value is -0.120. The molecule has 0 aliphatic rings. The molecule has 0 atom stereocenters. The van der Waals surface area contributed by atoms with Gasteiger partial charge in [0, 0.05) is 6.54 Å².